The molecule has 0 unspecified atom stereocenters. The Kier molecular flexibility index (Phi) is 5.49. The molecule has 0 bridgehead atoms. The number of fused-ring (bicyclic) bond motifs is 1. The molecular formula is C24H27N3O2. The van der Waals surface area contributed by atoms with Gasteiger partial charge in [0.05, 0.1) is 6.04 Å². The molecule has 2 aromatic rings. The lowest BCUT2D eigenvalue weighted by Crippen LogP contribution is -2.47. The first-order chi connectivity index (χ1) is 14.1. The molecule has 2 aromatic carbocycles. The predicted octanol–water partition coefficient (Wildman–Crippen LogP) is 3.45. The molecule has 0 saturated carbocycles. The molecule has 0 radical (unpaired) electrons. The molecular weight excluding hydrogens is 362 g/mol. The van der Waals surface area contributed by atoms with E-state index in [1.807, 2.05) is 36.4 Å². The van der Waals surface area contributed by atoms with Gasteiger partial charge in [-0.05, 0) is 44.5 Å². The Hall–Kier alpha value is -2.92. The third-order valence-electron chi connectivity index (χ3n) is 5.98. The van der Waals surface area contributed by atoms with Crippen LogP contribution < -0.4 is 5.32 Å². The Bertz CT molecular complexity index is 884. The minimum absolute atomic E-state index is 0.143. The minimum atomic E-state index is -0.614. The summed E-state index contributed by atoms with van der Waals surface area (Å²) in [5, 5.41) is 3.09. The van der Waals surface area contributed by atoms with Gasteiger partial charge in [-0.2, -0.15) is 0 Å². The van der Waals surface area contributed by atoms with Crippen LogP contribution in [0.15, 0.2) is 61.2 Å². The number of nitrogens with zero attached hydrogens (tertiary/aromatic N) is 2. The van der Waals surface area contributed by atoms with Crippen LogP contribution in [0, 0.1) is 0 Å². The van der Waals surface area contributed by atoms with Crippen molar-refractivity contribution in [2.45, 2.75) is 31.8 Å². The van der Waals surface area contributed by atoms with E-state index in [2.05, 4.69) is 28.9 Å². The van der Waals surface area contributed by atoms with Crippen LogP contribution in [0.3, 0.4) is 0 Å². The van der Waals surface area contributed by atoms with E-state index in [0.717, 1.165) is 18.7 Å². The highest BCUT2D eigenvalue weighted by Crippen LogP contribution is 2.33. The molecule has 2 amide bonds. The van der Waals surface area contributed by atoms with Crippen molar-refractivity contribution in [1.82, 2.24) is 15.1 Å². The van der Waals surface area contributed by atoms with Gasteiger partial charge in [0.15, 0.2) is 0 Å². The van der Waals surface area contributed by atoms with Crippen molar-refractivity contribution in [3.05, 3.63) is 77.9 Å². The van der Waals surface area contributed by atoms with E-state index in [0.29, 0.717) is 17.8 Å². The van der Waals surface area contributed by atoms with Crippen molar-refractivity contribution >= 4 is 17.5 Å². The van der Waals surface area contributed by atoms with Gasteiger partial charge >= 0.3 is 0 Å². The second-order valence-corrected chi connectivity index (χ2v) is 7.76. The molecule has 150 valence electrons. The molecule has 0 aromatic heterocycles. The van der Waals surface area contributed by atoms with Gasteiger partial charge in [-0.25, -0.2) is 0 Å². The quantitative estimate of drug-likeness (QED) is 0.823. The summed E-state index contributed by atoms with van der Waals surface area (Å²) >= 11 is 0. The number of carbonyl (C=O) groups is 2. The number of hydrogen-bond acceptors (Lipinski definition) is 3. The summed E-state index contributed by atoms with van der Waals surface area (Å²) < 4.78 is 0. The zero-order valence-electron chi connectivity index (χ0n) is 16.8. The lowest BCUT2D eigenvalue weighted by molar-refractivity contribution is -0.124. The third kappa shape index (κ3) is 3.70. The molecule has 0 spiro atoms. The van der Waals surface area contributed by atoms with E-state index in [1.54, 1.807) is 13.0 Å². The number of amides is 2. The monoisotopic (exact) mass is 389 g/mol. The lowest BCUT2D eigenvalue weighted by atomic mass is 10.1. The summed E-state index contributed by atoms with van der Waals surface area (Å²) in [6.45, 7) is 8.42. The third-order valence-corrected chi connectivity index (χ3v) is 5.98. The Labute approximate surface area is 172 Å². The molecule has 2 heterocycles. The summed E-state index contributed by atoms with van der Waals surface area (Å²) in [6.07, 6.45) is 2.38. The number of benzene rings is 2. The first-order valence-electron chi connectivity index (χ1n) is 10.3. The molecule has 1 fully saturated rings. The Morgan fingerprint density at radius 1 is 1.03 bits per heavy atom. The van der Waals surface area contributed by atoms with E-state index >= 15 is 0 Å². The van der Waals surface area contributed by atoms with Gasteiger partial charge in [0.2, 0.25) is 5.91 Å². The van der Waals surface area contributed by atoms with Crippen molar-refractivity contribution in [2.75, 3.05) is 19.6 Å². The van der Waals surface area contributed by atoms with Crippen LogP contribution in [-0.2, 0) is 4.79 Å². The van der Waals surface area contributed by atoms with E-state index in [4.69, 9.17) is 0 Å². The molecule has 1 N–H and O–H groups in total. The highest BCUT2D eigenvalue weighted by Gasteiger charge is 2.37. The SMILES string of the molecule is C=C1c2ccccc2C(=O)N1[C@@H](C)C(=O)NC[C@@H](c1ccccc1)N1CCCC1. The maximum absolute atomic E-state index is 13.0. The van der Waals surface area contributed by atoms with Gasteiger partial charge in [0.25, 0.3) is 5.91 Å². The second-order valence-electron chi connectivity index (χ2n) is 7.76. The summed E-state index contributed by atoms with van der Waals surface area (Å²) in [5.41, 5.74) is 3.21. The smallest absolute Gasteiger partial charge is 0.259 e. The molecule has 4 rings (SSSR count). The minimum Gasteiger partial charge on any atom is -0.352 e. The van der Waals surface area contributed by atoms with Gasteiger partial charge in [-0.15, -0.1) is 0 Å². The van der Waals surface area contributed by atoms with E-state index < -0.39 is 6.04 Å². The first-order valence-corrected chi connectivity index (χ1v) is 10.3. The van der Waals surface area contributed by atoms with Gasteiger partial charge < -0.3 is 5.32 Å². The number of nitrogens with one attached hydrogen (secondary N) is 1. The van der Waals surface area contributed by atoms with Crippen LogP contribution in [0.5, 0.6) is 0 Å². The van der Waals surface area contributed by atoms with Gasteiger partial charge in [-0.3, -0.25) is 19.4 Å². The number of rotatable bonds is 6. The molecule has 2 atom stereocenters. The molecule has 0 aliphatic carbocycles. The van der Waals surface area contributed by atoms with Crippen molar-refractivity contribution in [3.8, 4) is 0 Å². The molecule has 2 aliphatic rings. The highest BCUT2D eigenvalue weighted by atomic mass is 16.2. The van der Waals surface area contributed by atoms with Crippen LogP contribution in [0.4, 0.5) is 0 Å². The second kappa shape index (κ2) is 8.21. The normalized spacial score (nSPS) is 18.6. The Morgan fingerprint density at radius 2 is 1.66 bits per heavy atom. The fraction of sp³-hybridized carbons (Fsp3) is 0.333. The fourth-order valence-corrected chi connectivity index (χ4v) is 4.36. The Balaban J connectivity index is 1.46. The van der Waals surface area contributed by atoms with Crippen LogP contribution in [-0.4, -0.2) is 47.3 Å². The van der Waals surface area contributed by atoms with Crippen molar-refractivity contribution in [3.63, 3.8) is 0 Å². The molecule has 5 heteroatoms. The topological polar surface area (TPSA) is 52.7 Å². The summed E-state index contributed by atoms with van der Waals surface area (Å²) in [4.78, 5) is 29.7. The van der Waals surface area contributed by atoms with Crippen LogP contribution in [0.25, 0.3) is 5.70 Å². The Morgan fingerprint density at radius 3 is 2.31 bits per heavy atom. The lowest BCUT2D eigenvalue weighted by Gasteiger charge is -2.30. The zero-order chi connectivity index (χ0) is 20.4. The summed E-state index contributed by atoms with van der Waals surface area (Å²) in [5.74, 6) is -0.320. The first kappa shape index (κ1) is 19.4. The van der Waals surface area contributed by atoms with Gasteiger partial charge in [0.1, 0.15) is 6.04 Å². The number of likely N-dealkylation sites (tertiary alicyclic amines) is 1. The van der Waals surface area contributed by atoms with Gasteiger partial charge in [0, 0.05) is 23.4 Å². The fourth-order valence-electron chi connectivity index (χ4n) is 4.36. The van der Waals surface area contributed by atoms with Gasteiger partial charge in [-0.1, -0.05) is 55.1 Å². The summed E-state index contributed by atoms with van der Waals surface area (Å²) in [7, 11) is 0. The maximum Gasteiger partial charge on any atom is 0.259 e. The van der Waals surface area contributed by atoms with E-state index in [1.165, 1.54) is 23.3 Å². The standard InChI is InChI=1S/C24H27N3O2/c1-17-20-12-6-7-13-21(20)24(29)27(17)18(2)23(28)25-16-22(26-14-8-9-15-26)19-10-4-3-5-11-19/h3-7,10-13,18,22H,1,8-9,14-16H2,2H3,(H,25,28)/t18-,22-/m0/s1. The number of hydrogen-bond donors (Lipinski definition) is 1. The average Bonchev–Trinajstić information content (AvgIpc) is 3.36. The van der Waals surface area contributed by atoms with Crippen LogP contribution >= 0.6 is 0 Å². The largest absolute Gasteiger partial charge is 0.352 e. The van der Waals surface area contributed by atoms with Crippen LogP contribution in [0.2, 0.25) is 0 Å². The molecule has 2 aliphatic heterocycles. The summed E-state index contributed by atoms with van der Waals surface area (Å²) in [6, 6.07) is 17.2. The van der Waals surface area contributed by atoms with E-state index in [9.17, 15) is 9.59 Å². The maximum atomic E-state index is 13.0. The highest BCUT2D eigenvalue weighted by molar-refractivity contribution is 6.10. The van der Waals surface area contributed by atoms with E-state index in [-0.39, 0.29) is 17.9 Å². The predicted molar refractivity (Wildman–Crippen MR) is 114 cm³/mol. The van der Waals surface area contributed by atoms with Crippen molar-refractivity contribution in [1.29, 1.82) is 0 Å². The average molecular weight is 389 g/mol. The van der Waals surface area contributed by atoms with Crippen molar-refractivity contribution in [2.24, 2.45) is 0 Å². The zero-order valence-corrected chi connectivity index (χ0v) is 16.8. The molecule has 1 saturated heterocycles. The molecule has 5 nitrogen and oxygen atoms in total. The van der Waals surface area contributed by atoms with Crippen LogP contribution in [0.1, 0.15) is 47.3 Å². The number of carbonyl (C=O) groups excluding carboxylic acids is 2. The molecule has 29 heavy (non-hydrogen) atoms. The van der Waals surface area contributed by atoms with Crippen molar-refractivity contribution < 1.29 is 9.59 Å².